The Morgan fingerprint density at radius 3 is 2.74 bits per heavy atom. The van der Waals surface area contributed by atoms with Crippen LogP contribution in [0.2, 0.25) is 0 Å². The molecule has 0 saturated carbocycles. The van der Waals surface area contributed by atoms with E-state index in [9.17, 15) is 4.79 Å². The van der Waals surface area contributed by atoms with Crippen molar-refractivity contribution in [2.75, 3.05) is 12.3 Å². The molecule has 2 aliphatic heterocycles. The molecule has 0 fully saturated rings. The first-order valence-corrected chi connectivity index (χ1v) is 7.67. The molecule has 0 radical (unpaired) electrons. The minimum absolute atomic E-state index is 0.147. The third-order valence-corrected chi connectivity index (χ3v) is 3.80. The molecule has 0 amide bonds. The van der Waals surface area contributed by atoms with Crippen LogP contribution >= 0.6 is 0 Å². The van der Waals surface area contributed by atoms with E-state index in [4.69, 9.17) is 24.7 Å². The summed E-state index contributed by atoms with van der Waals surface area (Å²) in [5.74, 6) is 0.517. The molecule has 0 aromatic carbocycles. The van der Waals surface area contributed by atoms with Crippen molar-refractivity contribution in [2.45, 2.75) is 58.7 Å². The fraction of sp³-hybridized carbons (Fsp3) is 0.625. The maximum absolute atomic E-state index is 11.6. The van der Waals surface area contributed by atoms with Gasteiger partial charge in [-0.05, 0) is 31.9 Å². The maximum atomic E-state index is 11.6. The van der Waals surface area contributed by atoms with Crippen LogP contribution in [0.1, 0.15) is 43.2 Å². The average molecular weight is 322 g/mol. The fourth-order valence-corrected chi connectivity index (χ4v) is 2.77. The van der Waals surface area contributed by atoms with E-state index in [0.29, 0.717) is 32.1 Å². The monoisotopic (exact) mass is 322 g/mol. The van der Waals surface area contributed by atoms with E-state index in [-0.39, 0.29) is 12.7 Å². The smallest absolute Gasteiger partial charge is 0.431 e. The highest BCUT2D eigenvalue weighted by Gasteiger charge is 2.29. The van der Waals surface area contributed by atoms with Gasteiger partial charge in [-0.1, -0.05) is 0 Å². The normalized spacial score (nSPS) is 19.9. The molecular weight excluding hydrogens is 300 g/mol. The topological polar surface area (TPSA) is 92.9 Å². The van der Waals surface area contributed by atoms with Gasteiger partial charge in [0.2, 0.25) is 0 Å². The van der Waals surface area contributed by atoms with Gasteiger partial charge in [0.15, 0.2) is 0 Å². The molecule has 2 aliphatic rings. The van der Waals surface area contributed by atoms with Crippen LogP contribution in [0.15, 0.2) is 0 Å². The van der Waals surface area contributed by atoms with Crippen molar-refractivity contribution in [2.24, 2.45) is 0 Å². The van der Waals surface area contributed by atoms with Crippen LogP contribution in [0.25, 0.3) is 0 Å². The predicted molar refractivity (Wildman–Crippen MR) is 81.6 cm³/mol. The highest BCUT2D eigenvalue weighted by atomic mass is 16.7. The average Bonchev–Trinajstić information content (AvgIpc) is 2.94. The maximum Gasteiger partial charge on any atom is 0.508 e. The lowest BCUT2D eigenvalue weighted by Gasteiger charge is -2.27. The van der Waals surface area contributed by atoms with Gasteiger partial charge in [0.25, 0.3) is 0 Å². The van der Waals surface area contributed by atoms with E-state index in [0.717, 1.165) is 22.4 Å². The summed E-state index contributed by atoms with van der Waals surface area (Å²) in [6.45, 7) is 6.93. The SMILES string of the molecule is CC(C)(C)OC(=O)OC[C@@H]1Cc2c(nc(N)c3c2COC3)CO1. The Labute approximate surface area is 135 Å². The van der Waals surface area contributed by atoms with Crippen molar-refractivity contribution in [1.82, 2.24) is 4.98 Å². The fourth-order valence-electron chi connectivity index (χ4n) is 2.77. The number of aromatic nitrogens is 1. The Morgan fingerprint density at radius 2 is 2.00 bits per heavy atom. The molecule has 3 rings (SSSR count). The molecule has 7 nitrogen and oxygen atoms in total. The number of anilines is 1. The summed E-state index contributed by atoms with van der Waals surface area (Å²) < 4.78 is 21.5. The van der Waals surface area contributed by atoms with Crippen molar-refractivity contribution < 1.29 is 23.7 Å². The lowest BCUT2D eigenvalue weighted by Crippen LogP contribution is -2.32. The zero-order chi connectivity index (χ0) is 16.6. The molecule has 23 heavy (non-hydrogen) atoms. The second kappa shape index (κ2) is 5.98. The number of carbonyl (C=O) groups is 1. The summed E-state index contributed by atoms with van der Waals surface area (Å²) >= 11 is 0. The number of nitrogens with two attached hydrogens (primary N) is 1. The number of pyridine rings is 1. The van der Waals surface area contributed by atoms with E-state index in [1.807, 2.05) is 0 Å². The van der Waals surface area contributed by atoms with Crippen LogP contribution < -0.4 is 5.73 Å². The van der Waals surface area contributed by atoms with Gasteiger partial charge < -0.3 is 24.7 Å². The van der Waals surface area contributed by atoms with Gasteiger partial charge >= 0.3 is 6.16 Å². The number of hydrogen-bond acceptors (Lipinski definition) is 7. The molecule has 7 heteroatoms. The minimum Gasteiger partial charge on any atom is -0.431 e. The Balaban J connectivity index is 1.65. The van der Waals surface area contributed by atoms with Gasteiger partial charge in [0.05, 0.1) is 31.6 Å². The highest BCUT2D eigenvalue weighted by Crippen LogP contribution is 2.33. The zero-order valence-corrected chi connectivity index (χ0v) is 13.7. The van der Waals surface area contributed by atoms with Crippen molar-refractivity contribution >= 4 is 12.0 Å². The first-order chi connectivity index (χ1) is 10.8. The molecule has 126 valence electrons. The first kappa shape index (κ1) is 16.0. The molecule has 1 aromatic heterocycles. The lowest BCUT2D eigenvalue weighted by molar-refractivity contribution is -0.0504. The molecule has 0 spiro atoms. The number of ether oxygens (including phenoxy) is 4. The summed E-state index contributed by atoms with van der Waals surface area (Å²) in [4.78, 5) is 16.0. The highest BCUT2D eigenvalue weighted by molar-refractivity contribution is 5.60. The van der Waals surface area contributed by atoms with Gasteiger partial charge in [0, 0.05) is 12.0 Å². The van der Waals surface area contributed by atoms with E-state index < -0.39 is 11.8 Å². The number of nitrogen functional groups attached to an aromatic ring is 1. The Morgan fingerprint density at radius 1 is 1.26 bits per heavy atom. The number of carbonyl (C=O) groups excluding carboxylic acids is 1. The van der Waals surface area contributed by atoms with E-state index >= 15 is 0 Å². The Hall–Kier alpha value is -1.86. The first-order valence-electron chi connectivity index (χ1n) is 7.67. The second-order valence-corrected chi connectivity index (χ2v) is 6.78. The summed E-state index contributed by atoms with van der Waals surface area (Å²) in [5, 5.41) is 0. The van der Waals surface area contributed by atoms with Gasteiger partial charge in [0.1, 0.15) is 18.0 Å². The van der Waals surface area contributed by atoms with Crippen LogP contribution in [0.5, 0.6) is 0 Å². The summed E-state index contributed by atoms with van der Waals surface area (Å²) in [5.41, 5.74) is 9.42. The molecule has 3 heterocycles. The van der Waals surface area contributed by atoms with Crippen molar-refractivity contribution in [1.29, 1.82) is 0 Å². The third-order valence-electron chi connectivity index (χ3n) is 3.80. The van der Waals surface area contributed by atoms with Gasteiger partial charge in [-0.2, -0.15) is 0 Å². The van der Waals surface area contributed by atoms with Crippen LogP contribution in [0, 0.1) is 0 Å². The molecule has 0 aliphatic carbocycles. The number of fused-ring (bicyclic) bond motifs is 3. The number of nitrogens with zero attached hydrogens (tertiary/aromatic N) is 1. The standard InChI is InChI=1S/C16H22N2O5/c1-16(2,3)23-15(19)22-5-9-4-10-11-6-20-7-12(11)14(17)18-13(10)8-21-9/h9H,4-8H2,1-3H3,(H2,17,18)/t9-/m0/s1. The second-order valence-electron chi connectivity index (χ2n) is 6.78. The van der Waals surface area contributed by atoms with Crippen LogP contribution in [0.3, 0.4) is 0 Å². The predicted octanol–water partition coefficient (Wildman–Crippen LogP) is 2.09. The molecule has 0 saturated heterocycles. The molecule has 0 unspecified atom stereocenters. The van der Waals surface area contributed by atoms with Gasteiger partial charge in [-0.15, -0.1) is 0 Å². The Bertz CT molecular complexity index is 624. The summed E-state index contributed by atoms with van der Waals surface area (Å²) in [6.07, 6.45) is -0.280. The minimum atomic E-state index is -0.684. The van der Waals surface area contributed by atoms with Gasteiger partial charge in [-0.25, -0.2) is 9.78 Å². The summed E-state index contributed by atoms with van der Waals surface area (Å²) in [7, 11) is 0. The van der Waals surface area contributed by atoms with Gasteiger partial charge in [-0.3, -0.25) is 0 Å². The largest absolute Gasteiger partial charge is 0.508 e. The molecule has 0 bridgehead atoms. The zero-order valence-electron chi connectivity index (χ0n) is 13.7. The third kappa shape index (κ3) is 3.56. The van der Waals surface area contributed by atoms with E-state index in [1.54, 1.807) is 20.8 Å². The quantitative estimate of drug-likeness (QED) is 0.833. The Kier molecular flexibility index (Phi) is 4.16. The molecule has 1 atom stereocenters. The van der Waals surface area contributed by atoms with E-state index in [2.05, 4.69) is 4.98 Å². The van der Waals surface area contributed by atoms with E-state index in [1.165, 1.54) is 0 Å². The van der Waals surface area contributed by atoms with Crippen LogP contribution in [-0.4, -0.2) is 29.5 Å². The number of rotatable bonds is 2. The lowest BCUT2D eigenvalue weighted by atomic mass is 9.96. The summed E-state index contributed by atoms with van der Waals surface area (Å²) in [6, 6.07) is 0. The molecular formula is C16H22N2O5. The number of hydrogen-bond donors (Lipinski definition) is 1. The van der Waals surface area contributed by atoms with Crippen molar-refractivity contribution in [3.63, 3.8) is 0 Å². The van der Waals surface area contributed by atoms with Crippen LogP contribution in [-0.2, 0) is 45.2 Å². The molecule has 1 aromatic rings. The van der Waals surface area contributed by atoms with Crippen molar-refractivity contribution in [3.8, 4) is 0 Å². The van der Waals surface area contributed by atoms with Crippen LogP contribution in [0.4, 0.5) is 10.6 Å². The molecule has 2 N–H and O–H groups in total. The van der Waals surface area contributed by atoms with Crippen molar-refractivity contribution in [3.05, 3.63) is 22.4 Å².